The van der Waals surface area contributed by atoms with Gasteiger partial charge in [-0.05, 0) is 29.8 Å². The minimum Gasteiger partial charge on any atom is -0.497 e. The molecule has 8 heteroatoms. The lowest BCUT2D eigenvalue weighted by molar-refractivity contribution is -0.126. The summed E-state index contributed by atoms with van der Waals surface area (Å²) in [6, 6.07) is 10.3. The molecule has 2 rings (SSSR count). The maximum absolute atomic E-state index is 12.2. The van der Waals surface area contributed by atoms with Crippen molar-refractivity contribution in [2.75, 3.05) is 33.8 Å². The van der Waals surface area contributed by atoms with Crippen LogP contribution in [0.5, 0.6) is 23.0 Å². The van der Waals surface area contributed by atoms with Crippen LogP contribution < -0.4 is 29.6 Å². The van der Waals surface area contributed by atoms with Gasteiger partial charge >= 0.3 is 0 Å². The van der Waals surface area contributed by atoms with Crippen LogP contribution in [-0.4, -0.2) is 40.3 Å². The third-order valence-electron chi connectivity index (χ3n) is 3.94. The van der Waals surface area contributed by atoms with E-state index in [9.17, 15) is 9.59 Å². The van der Waals surface area contributed by atoms with Gasteiger partial charge in [0.05, 0.1) is 34.1 Å². The van der Waals surface area contributed by atoms with E-state index in [0.29, 0.717) is 28.7 Å². The molecular formula is C20H24N2O6. The van der Waals surface area contributed by atoms with Crippen LogP contribution in [0.15, 0.2) is 36.4 Å². The molecule has 0 atom stereocenters. The van der Waals surface area contributed by atoms with E-state index in [1.165, 1.54) is 21.3 Å². The van der Waals surface area contributed by atoms with E-state index in [2.05, 4.69) is 10.6 Å². The lowest BCUT2D eigenvalue weighted by atomic mass is 10.2. The van der Waals surface area contributed by atoms with Gasteiger partial charge in [-0.2, -0.15) is 0 Å². The van der Waals surface area contributed by atoms with Crippen LogP contribution in [-0.2, 0) is 16.1 Å². The van der Waals surface area contributed by atoms with E-state index in [-0.39, 0.29) is 13.0 Å². The molecule has 0 radical (unpaired) electrons. The van der Waals surface area contributed by atoms with Crippen LogP contribution in [0.3, 0.4) is 0 Å². The molecule has 2 aromatic carbocycles. The summed E-state index contributed by atoms with van der Waals surface area (Å²) in [5.74, 6) is 1.33. The number of methoxy groups -OCH3 is 4. The molecule has 0 bridgehead atoms. The van der Waals surface area contributed by atoms with Crippen molar-refractivity contribution in [2.24, 2.45) is 0 Å². The highest BCUT2D eigenvalue weighted by atomic mass is 16.5. The highest BCUT2D eigenvalue weighted by Crippen LogP contribution is 2.29. The third-order valence-corrected chi connectivity index (χ3v) is 3.94. The van der Waals surface area contributed by atoms with Gasteiger partial charge in [0.1, 0.15) is 17.9 Å². The molecule has 0 aliphatic carbocycles. The van der Waals surface area contributed by atoms with Crippen molar-refractivity contribution < 1.29 is 28.5 Å². The summed E-state index contributed by atoms with van der Waals surface area (Å²) in [5, 5.41) is 5.36. The first-order valence-electron chi connectivity index (χ1n) is 8.50. The lowest BCUT2D eigenvalue weighted by Gasteiger charge is -2.12. The molecule has 2 aromatic rings. The number of ether oxygens (including phenoxy) is 4. The molecule has 0 spiro atoms. The molecule has 0 unspecified atom stereocenters. The van der Waals surface area contributed by atoms with Crippen LogP contribution in [0.1, 0.15) is 12.0 Å². The molecule has 2 N–H and O–H groups in total. The first kappa shape index (κ1) is 20.9. The van der Waals surface area contributed by atoms with Crippen LogP contribution in [0, 0.1) is 0 Å². The van der Waals surface area contributed by atoms with Crippen LogP contribution >= 0.6 is 0 Å². The Morgan fingerprint density at radius 3 is 2.11 bits per heavy atom. The van der Waals surface area contributed by atoms with Crippen molar-refractivity contribution in [1.82, 2.24) is 5.32 Å². The Bertz CT molecular complexity index is 837. The largest absolute Gasteiger partial charge is 0.497 e. The van der Waals surface area contributed by atoms with Crippen LogP contribution in [0.25, 0.3) is 0 Å². The predicted molar refractivity (Wildman–Crippen MR) is 104 cm³/mol. The van der Waals surface area contributed by atoms with Gasteiger partial charge in [0.15, 0.2) is 11.5 Å². The molecule has 28 heavy (non-hydrogen) atoms. The second-order valence-electron chi connectivity index (χ2n) is 5.76. The van der Waals surface area contributed by atoms with E-state index in [1.54, 1.807) is 37.4 Å². The fourth-order valence-electron chi connectivity index (χ4n) is 2.51. The molecule has 8 nitrogen and oxygen atoms in total. The third kappa shape index (κ3) is 5.54. The predicted octanol–water partition coefficient (Wildman–Crippen LogP) is 2.37. The Labute approximate surface area is 163 Å². The van der Waals surface area contributed by atoms with Gasteiger partial charge < -0.3 is 29.6 Å². The maximum Gasteiger partial charge on any atom is 0.233 e. The number of benzene rings is 2. The van der Waals surface area contributed by atoms with E-state index >= 15 is 0 Å². The fourth-order valence-corrected chi connectivity index (χ4v) is 2.51. The standard InChI is InChI=1S/C20H24N2O6/c1-25-14-6-8-16(26-2)15(10-14)22-20(24)11-19(23)21-12-13-5-7-17(27-3)18(9-13)28-4/h5-10H,11-12H2,1-4H3,(H,21,23)(H,22,24). The fraction of sp³-hybridized carbons (Fsp3) is 0.300. The van der Waals surface area contributed by atoms with Gasteiger partial charge in [-0.3, -0.25) is 9.59 Å². The normalized spacial score (nSPS) is 10.0. The first-order chi connectivity index (χ1) is 13.5. The Balaban J connectivity index is 1.92. The van der Waals surface area contributed by atoms with Crippen LogP contribution in [0.4, 0.5) is 5.69 Å². The number of hydrogen-bond donors (Lipinski definition) is 2. The quantitative estimate of drug-likeness (QED) is 0.641. The first-order valence-corrected chi connectivity index (χ1v) is 8.50. The molecule has 0 saturated heterocycles. The smallest absolute Gasteiger partial charge is 0.233 e. The zero-order valence-electron chi connectivity index (χ0n) is 16.3. The summed E-state index contributed by atoms with van der Waals surface area (Å²) < 4.78 is 20.7. The van der Waals surface area contributed by atoms with Crippen molar-refractivity contribution in [3.63, 3.8) is 0 Å². The highest BCUT2D eigenvalue weighted by molar-refractivity contribution is 6.04. The van der Waals surface area contributed by atoms with Gasteiger partial charge in [0.25, 0.3) is 0 Å². The Hall–Kier alpha value is -3.42. The topological polar surface area (TPSA) is 95.1 Å². The number of rotatable bonds is 9. The van der Waals surface area contributed by atoms with E-state index in [4.69, 9.17) is 18.9 Å². The SMILES string of the molecule is COc1ccc(OC)c(NC(=O)CC(=O)NCc2ccc(OC)c(OC)c2)c1. The van der Waals surface area contributed by atoms with Gasteiger partial charge in [-0.1, -0.05) is 6.07 Å². The maximum atomic E-state index is 12.2. The summed E-state index contributed by atoms with van der Waals surface area (Å²) >= 11 is 0. The number of nitrogens with one attached hydrogen (secondary N) is 2. The molecular weight excluding hydrogens is 364 g/mol. The van der Waals surface area contributed by atoms with Crippen molar-refractivity contribution in [3.8, 4) is 23.0 Å². The molecule has 150 valence electrons. The Kier molecular flexibility index (Phi) is 7.50. The second kappa shape index (κ2) is 10.1. The zero-order chi connectivity index (χ0) is 20.5. The number of carbonyl (C=O) groups excluding carboxylic acids is 2. The van der Waals surface area contributed by atoms with Crippen molar-refractivity contribution in [2.45, 2.75) is 13.0 Å². The molecule has 0 aliphatic heterocycles. The average Bonchev–Trinajstić information content (AvgIpc) is 2.71. The molecule has 0 heterocycles. The Morgan fingerprint density at radius 1 is 0.786 bits per heavy atom. The molecule has 0 saturated carbocycles. The summed E-state index contributed by atoms with van der Waals surface area (Å²) in [7, 11) is 6.11. The highest BCUT2D eigenvalue weighted by Gasteiger charge is 2.13. The van der Waals surface area contributed by atoms with Gasteiger partial charge in [0.2, 0.25) is 11.8 Å². The number of hydrogen-bond acceptors (Lipinski definition) is 6. The summed E-state index contributed by atoms with van der Waals surface area (Å²) in [4.78, 5) is 24.3. The monoisotopic (exact) mass is 388 g/mol. The van der Waals surface area contributed by atoms with E-state index in [0.717, 1.165) is 5.56 Å². The summed E-state index contributed by atoms with van der Waals surface area (Å²) in [5.41, 5.74) is 1.25. The van der Waals surface area contributed by atoms with Crippen LogP contribution in [0.2, 0.25) is 0 Å². The van der Waals surface area contributed by atoms with E-state index in [1.807, 2.05) is 6.07 Å². The van der Waals surface area contributed by atoms with Gasteiger partial charge in [-0.15, -0.1) is 0 Å². The second-order valence-corrected chi connectivity index (χ2v) is 5.76. The minimum atomic E-state index is -0.462. The minimum absolute atomic E-state index is 0.259. The molecule has 0 aromatic heterocycles. The van der Waals surface area contributed by atoms with Gasteiger partial charge in [-0.25, -0.2) is 0 Å². The zero-order valence-corrected chi connectivity index (χ0v) is 16.3. The van der Waals surface area contributed by atoms with Crippen molar-refractivity contribution in [1.29, 1.82) is 0 Å². The molecule has 0 aliphatic rings. The Morgan fingerprint density at radius 2 is 1.46 bits per heavy atom. The summed E-state index contributed by atoms with van der Waals surface area (Å²) in [6.45, 7) is 0.259. The number of amides is 2. The van der Waals surface area contributed by atoms with Crippen molar-refractivity contribution >= 4 is 17.5 Å². The number of carbonyl (C=O) groups is 2. The van der Waals surface area contributed by atoms with Gasteiger partial charge in [0, 0.05) is 12.6 Å². The molecule has 2 amide bonds. The van der Waals surface area contributed by atoms with Crippen molar-refractivity contribution in [3.05, 3.63) is 42.0 Å². The summed E-state index contributed by atoms with van der Waals surface area (Å²) in [6.07, 6.45) is -0.326. The van der Waals surface area contributed by atoms with E-state index < -0.39 is 11.8 Å². The average molecular weight is 388 g/mol. The number of anilines is 1. The lowest BCUT2D eigenvalue weighted by Crippen LogP contribution is -2.27. The molecule has 0 fully saturated rings.